The van der Waals surface area contributed by atoms with Gasteiger partial charge in [-0.15, -0.1) is 11.3 Å². The summed E-state index contributed by atoms with van der Waals surface area (Å²) >= 11 is 1.50. The lowest BCUT2D eigenvalue weighted by atomic mass is 10.2. The summed E-state index contributed by atoms with van der Waals surface area (Å²) in [6, 6.07) is 11.2. The molecule has 4 rings (SSSR count). The smallest absolute Gasteiger partial charge is 0.356 e. The zero-order valence-corrected chi connectivity index (χ0v) is 12.9. The Morgan fingerprint density at radius 2 is 2.17 bits per heavy atom. The molecule has 3 aromatic rings. The standard InChI is InChI=1S/C16H12N2O4S/c1-21-16-13-12(15(19)20)17-14(11-7-4-8-23-11)18(13)9-5-2-3-6-10(9)22-16/h2-8,16H,1H3,(H,19,20). The number of benzene rings is 1. The maximum absolute atomic E-state index is 11.6. The van der Waals surface area contributed by atoms with Gasteiger partial charge in [0.25, 0.3) is 0 Å². The van der Waals surface area contributed by atoms with Crippen LogP contribution in [0.4, 0.5) is 0 Å². The Morgan fingerprint density at radius 3 is 2.87 bits per heavy atom. The fraction of sp³-hybridized carbons (Fsp3) is 0.125. The van der Waals surface area contributed by atoms with Crippen molar-refractivity contribution in [2.75, 3.05) is 7.11 Å². The predicted octanol–water partition coefficient (Wildman–Crippen LogP) is 3.34. The Hall–Kier alpha value is -2.64. The number of hydrogen-bond donors (Lipinski definition) is 1. The minimum Gasteiger partial charge on any atom is -0.476 e. The monoisotopic (exact) mass is 328 g/mol. The normalized spacial score (nSPS) is 15.6. The highest BCUT2D eigenvalue weighted by Crippen LogP contribution is 2.41. The molecule has 7 heteroatoms. The van der Waals surface area contributed by atoms with Crippen LogP contribution in [0.1, 0.15) is 22.5 Å². The summed E-state index contributed by atoms with van der Waals surface area (Å²) in [6.45, 7) is 0. The number of thiophene rings is 1. The van der Waals surface area contributed by atoms with E-state index >= 15 is 0 Å². The van der Waals surface area contributed by atoms with Crippen LogP contribution in [-0.4, -0.2) is 27.7 Å². The number of carbonyl (C=O) groups is 1. The Balaban J connectivity index is 2.08. The van der Waals surface area contributed by atoms with E-state index in [1.807, 2.05) is 46.3 Å². The molecule has 6 nitrogen and oxygen atoms in total. The van der Waals surface area contributed by atoms with Crippen molar-refractivity contribution in [2.24, 2.45) is 0 Å². The number of carboxylic acid groups (broad SMARTS) is 1. The van der Waals surface area contributed by atoms with Crippen molar-refractivity contribution < 1.29 is 19.4 Å². The predicted molar refractivity (Wildman–Crippen MR) is 84.2 cm³/mol. The van der Waals surface area contributed by atoms with Crippen LogP contribution < -0.4 is 4.74 Å². The molecule has 1 N–H and O–H groups in total. The van der Waals surface area contributed by atoms with E-state index in [9.17, 15) is 9.90 Å². The van der Waals surface area contributed by atoms with Crippen LogP contribution >= 0.6 is 11.3 Å². The Kier molecular flexibility index (Phi) is 3.17. The topological polar surface area (TPSA) is 73.6 Å². The summed E-state index contributed by atoms with van der Waals surface area (Å²) in [5.74, 6) is 0.0887. The zero-order chi connectivity index (χ0) is 16.0. The minimum absolute atomic E-state index is 0.0604. The van der Waals surface area contributed by atoms with Crippen molar-refractivity contribution in [3.8, 4) is 22.1 Å². The highest BCUT2D eigenvalue weighted by Gasteiger charge is 2.35. The summed E-state index contributed by atoms with van der Waals surface area (Å²) in [4.78, 5) is 16.9. The largest absolute Gasteiger partial charge is 0.476 e. The van der Waals surface area contributed by atoms with Crippen LogP contribution in [-0.2, 0) is 4.74 Å². The molecule has 23 heavy (non-hydrogen) atoms. The summed E-state index contributed by atoms with van der Waals surface area (Å²) in [5, 5.41) is 11.5. The third kappa shape index (κ3) is 2.05. The van der Waals surface area contributed by atoms with E-state index in [1.165, 1.54) is 18.4 Å². The zero-order valence-electron chi connectivity index (χ0n) is 12.1. The fourth-order valence-electron chi connectivity index (χ4n) is 2.69. The number of carboxylic acids is 1. The summed E-state index contributed by atoms with van der Waals surface area (Å²) in [7, 11) is 1.48. The van der Waals surface area contributed by atoms with E-state index in [-0.39, 0.29) is 5.69 Å². The second kappa shape index (κ2) is 5.22. The lowest BCUT2D eigenvalue weighted by Gasteiger charge is -2.27. The molecule has 1 aromatic carbocycles. The van der Waals surface area contributed by atoms with E-state index in [0.717, 1.165) is 10.6 Å². The van der Waals surface area contributed by atoms with Crippen molar-refractivity contribution in [3.63, 3.8) is 0 Å². The van der Waals surface area contributed by atoms with E-state index in [2.05, 4.69) is 4.98 Å². The molecule has 0 fully saturated rings. The molecule has 1 aliphatic heterocycles. The van der Waals surface area contributed by atoms with Gasteiger partial charge in [0.15, 0.2) is 11.5 Å². The summed E-state index contributed by atoms with van der Waals surface area (Å²) in [5.41, 5.74) is 1.08. The summed E-state index contributed by atoms with van der Waals surface area (Å²) < 4.78 is 12.9. The van der Waals surface area contributed by atoms with E-state index < -0.39 is 12.3 Å². The number of methoxy groups -OCH3 is 1. The van der Waals surface area contributed by atoms with Gasteiger partial charge in [0.05, 0.1) is 10.6 Å². The molecule has 1 unspecified atom stereocenters. The lowest BCUT2D eigenvalue weighted by Crippen LogP contribution is -2.22. The second-order valence-electron chi connectivity index (χ2n) is 4.94. The van der Waals surface area contributed by atoms with Crippen LogP contribution in [0.2, 0.25) is 0 Å². The first-order chi connectivity index (χ1) is 11.2. The van der Waals surface area contributed by atoms with Gasteiger partial charge in [-0.05, 0) is 23.6 Å². The number of nitrogens with zero attached hydrogens (tertiary/aromatic N) is 2. The third-order valence-corrected chi connectivity index (χ3v) is 4.50. The number of para-hydroxylation sites is 2. The van der Waals surface area contributed by atoms with Crippen LogP contribution in [0, 0.1) is 0 Å². The molecule has 3 heterocycles. The second-order valence-corrected chi connectivity index (χ2v) is 5.89. The van der Waals surface area contributed by atoms with Gasteiger partial charge >= 0.3 is 5.97 Å². The number of imidazole rings is 1. The van der Waals surface area contributed by atoms with Gasteiger partial charge in [-0.2, -0.15) is 0 Å². The van der Waals surface area contributed by atoms with Crippen molar-refractivity contribution in [1.29, 1.82) is 0 Å². The van der Waals surface area contributed by atoms with Crippen LogP contribution in [0.5, 0.6) is 5.75 Å². The average Bonchev–Trinajstić information content (AvgIpc) is 3.21. The van der Waals surface area contributed by atoms with Crippen LogP contribution in [0.15, 0.2) is 41.8 Å². The Morgan fingerprint density at radius 1 is 1.35 bits per heavy atom. The fourth-order valence-corrected chi connectivity index (χ4v) is 3.40. The maximum atomic E-state index is 11.6. The molecule has 0 spiro atoms. The minimum atomic E-state index is -1.11. The molecule has 2 aromatic heterocycles. The molecule has 0 saturated heterocycles. The molecule has 116 valence electrons. The van der Waals surface area contributed by atoms with Gasteiger partial charge < -0.3 is 14.6 Å². The van der Waals surface area contributed by atoms with Gasteiger partial charge in [0.1, 0.15) is 11.4 Å². The highest BCUT2D eigenvalue weighted by atomic mass is 32.1. The molecule has 0 bridgehead atoms. The lowest BCUT2D eigenvalue weighted by molar-refractivity contribution is -0.0654. The van der Waals surface area contributed by atoms with Gasteiger partial charge in [-0.3, -0.25) is 4.57 Å². The summed E-state index contributed by atoms with van der Waals surface area (Å²) in [6.07, 6.45) is -0.822. The quantitative estimate of drug-likeness (QED) is 0.798. The van der Waals surface area contributed by atoms with Crippen LogP contribution in [0.3, 0.4) is 0 Å². The van der Waals surface area contributed by atoms with Gasteiger partial charge in [-0.1, -0.05) is 18.2 Å². The molecule has 0 amide bonds. The molecular weight excluding hydrogens is 316 g/mol. The van der Waals surface area contributed by atoms with E-state index in [0.29, 0.717) is 17.3 Å². The number of rotatable bonds is 3. The van der Waals surface area contributed by atoms with E-state index in [1.54, 1.807) is 0 Å². The number of hydrogen-bond acceptors (Lipinski definition) is 5. The van der Waals surface area contributed by atoms with Crippen molar-refractivity contribution >= 4 is 17.3 Å². The molecule has 0 saturated carbocycles. The van der Waals surface area contributed by atoms with Crippen molar-refractivity contribution in [2.45, 2.75) is 6.29 Å². The molecule has 0 aliphatic carbocycles. The van der Waals surface area contributed by atoms with Crippen molar-refractivity contribution in [1.82, 2.24) is 9.55 Å². The first-order valence-corrected chi connectivity index (χ1v) is 7.77. The Bertz CT molecular complexity index is 886. The van der Waals surface area contributed by atoms with Gasteiger partial charge in [0, 0.05) is 7.11 Å². The number of aromatic nitrogens is 2. The molecular formula is C16H12N2O4S. The number of aromatic carboxylic acids is 1. The number of fused-ring (bicyclic) bond motifs is 3. The molecule has 1 atom stereocenters. The maximum Gasteiger partial charge on any atom is 0.356 e. The van der Waals surface area contributed by atoms with Gasteiger partial charge in [0.2, 0.25) is 6.29 Å². The SMILES string of the molecule is COC1Oc2ccccc2-n2c(-c3cccs3)nc(C(=O)O)c21. The molecule has 0 radical (unpaired) electrons. The number of ether oxygens (including phenoxy) is 2. The molecule has 1 aliphatic rings. The highest BCUT2D eigenvalue weighted by molar-refractivity contribution is 7.13. The first kappa shape index (κ1) is 14.0. The van der Waals surface area contributed by atoms with Gasteiger partial charge in [-0.25, -0.2) is 9.78 Å². The average molecular weight is 328 g/mol. The third-order valence-electron chi connectivity index (χ3n) is 3.63. The van der Waals surface area contributed by atoms with E-state index in [4.69, 9.17) is 9.47 Å². The Labute approximate surface area is 135 Å². The van der Waals surface area contributed by atoms with Crippen LogP contribution in [0.25, 0.3) is 16.4 Å². The first-order valence-electron chi connectivity index (χ1n) is 6.89. The van der Waals surface area contributed by atoms with Crippen molar-refractivity contribution in [3.05, 3.63) is 53.2 Å².